The Bertz CT molecular complexity index is 1430. The number of hydrogen-bond acceptors (Lipinski definition) is 6. The minimum absolute atomic E-state index is 0.119. The van der Waals surface area contributed by atoms with Crippen molar-refractivity contribution in [2.24, 2.45) is 0 Å². The maximum absolute atomic E-state index is 12.4. The van der Waals surface area contributed by atoms with Gasteiger partial charge in [0.1, 0.15) is 21.9 Å². The Morgan fingerprint density at radius 1 is 0.938 bits per heavy atom. The van der Waals surface area contributed by atoms with Crippen molar-refractivity contribution < 1.29 is 4.79 Å². The summed E-state index contributed by atoms with van der Waals surface area (Å²) in [5, 5.41) is 3.68. The quantitative estimate of drug-likeness (QED) is 0.443. The predicted molar refractivity (Wildman–Crippen MR) is 125 cm³/mol. The van der Waals surface area contributed by atoms with Crippen molar-refractivity contribution in [1.29, 1.82) is 0 Å². The van der Waals surface area contributed by atoms with E-state index in [9.17, 15) is 9.59 Å². The highest BCUT2D eigenvalue weighted by atomic mass is 32.1. The van der Waals surface area contributed by atoms with E-state index in [1.165, 1.54) is 28.3 Å². The predicted octanol–water partition coefficient (Wildman–Crippen LogP) is 4.22. The molecule has 7 nitrogen and oxygen atoms in total. The molecule has 0 unspecified atom stereocenters. The van der Waals surface area contributed by atoms with Gasteiger partial charge in [0.15, 0.2) is 0 Å². The van der Waals surface area contributed by atoms with E-state index in [4.69, 9.17) is 0 Å². The first-order valence-corrected chi connectivity index (χ1v) is 10.7. The highest BCUT2D eigenvalue weighted by Crippen LogP contribution is 2.29. The van der Waals surface area contributed by atoms with Crippen LogP contribution in [0.25, 0.3) is 32.2 Å². The smallest absolute Gasteiger partial charge is 0.254 e. The van der Waals surface area contributed by atoms with E-state index < -0.39 is 0 Å². The van der Waals surface area contributed by atoms with Crippen LogP contribution in [-0.4, -0.2) is 25.4 Å². The molecule has 0 aliphatic heterocycles. The SMILES string of the molecule is O=C(Cn1cnc(-c2ccccc2)cc1=O)Nc1ccc(-c2nc3cccnc3s2)cc1. The minimum atomic E-state index is -0.307. The molecule has 5 aromatic rings. The molecule has 0 radical (unpaired) electrons. The van der Waals surface area contributed by atoms with E-state index in [0.717, 1.165) is 26.5 Å². The maximum Gasteiger partial charge on any atom is 0.254 e. The van der Waals surface area contributed by atoms with Crippen LogP contribution < -0.4 is 10.9 Å². The van der Waals surface area contributed by atoms with Crippen molar-refractivity contribution in [2.75, 3.05) is 5.32 Å². The average Bonchev–Trinajstić information content (AvgIpc) is 3.26. The molecule has 3 heterocycles. The van der Waals surface area contributed by atoms with Crippen LogP contribution >= 0.6 is 11.3 Å². The van der Waals surface area contributed by atoms with E-state index in [1.54, 1.807) is 6.20 Å². The van der Waals surface area contributed by atoms with E-state index in [1.807, 2.05) is 66.7 Å². The Hall–Kier alpha value is -4.17. The van der Waals surface area contributed by atoms with Gasteiger partial charge in [0.2, 0.25) is 5.91 Å². The number of nitrogens with zero attached hydrogens (tertiary/aromatic N) is 4. The summed E-state index contributed by atoms with van der Waals surface area (Å²) in [4.78, 5) is 39.0. The second-order valence-corrected chi connectivity index (χ2v) is 8.06. The molecule has 0 saturated heterocycles. The van der Waals surface area contributed by atoms with E-state index in [-0.39, 0.29) is 18.0 Å². The number of carbonyl (C=O) groups is 1. The first-order valence-electron chi connectivity index (χ1n) is 9.89. The maximum atomic E-state index is 12.4. The molecule has 0 saturated carbocycles. The zero-order valence-electron chi connectivity index (χ0n) is 16.8. The first-order chi connectivity index (χ1) is 15.7. The normalized spacial score (nSPS) is 10.9. The van der Waals surface area contributed by atoms with Crippen LogP contribution in [0, 0.1) is 0 Å². The molecule has 0 atom stereocenters. The van der Waals surface area contributed by atoms with Gasteiger partial charge in [-0.25, -0.2) is 15.0 Å². The molecule has 1 N–H and O–H groups in total. The van der Waals surface area contributed by atoms with Gasteiger partial charge >= 0.3 is 0 Å². The molecule has 0 fully saturated rings. The summed E-state index contributed by atoms with van der Waals surface area (Å²) in [5.74, 6) is -0.307. The number of fused-ring (bicyclic) bond motifs is 1. The molecule has 0 aliphatic rings. The van der Waals surface area contributed by atoms with Gasteiger partial charge in [-0.2, -0.15) is 0 Å². The number of thiazole rings is 1. The zero-order valence-corrected chi connectivity index (χ0v) is 17.6. The molecule has 0 spiro atoms. The fraction of sp³-hybridized carbons (Fsp3) is 0.0417. The number of amides is 1. The van der Waals surface area contributed by atoms with Gasteiger partial charge in [-0.3, -0.25) is 14.2 Å². The molecule has 5 rings (SSSR count). The molecule has 1 amide bonds. The summed E-state index contributed by atoms with van der Waals surface area (Å²) < 4.78 is 1.28. The van der Waals surface area contributed by atoms with Crippen LogP contribution in [0.2, 0.25) is 0 Å². The van der Waals surface area contributed by atoms with Crippen LogP contribution in [0.3, 0.4) is 0 Å². The van der Waals surface area contributed by atoms with Crippen LogP contribution in [0.1, 0.15) is 0 Å². The first kappa shape index (κ1) is 19.8. The molecule has 2 aromatic carbocycles. The number of pyridine rings is 1. The fourth-order valence-corrected chi connectivity index (χ4v) is 4.17. The Balaban J connectivity index is 1.26. The van der Waals surface area contributed by atoms with Crippen molar-refractivity contribution in [2.45, 2.75) is 6.54 Å². The van der Waals surface area contributed by atoms with Gasteiger partial charge in [-0.05, 0) is 36.4 Å². The largest absolute Gasteiger partial charge is 0.325 e. The third kappa shape index (κ3) is 4.17. The van der Waals surface area contributed by atoms with Crippen LogP contribution in [0.15, 0.2) is 90.1 Å². The van der Waals surface area contributed by atoms with Crippen LogP contribution in [0.4, 0.5) is 5.69 Å². The number of anilines is 1. The third-order valence-electron chi connectivity index (χ3n) is 4.85. The molecule has 0 bridgehead atoms. The lowest BCUT2D eigenvalue weighted by molar-refractivity contribution is -0.116. The highest BCUT2D eigenvalue weighted by Gasteiger charge is 2.09. The summed E-state index contributed by atoms with van der Waals surface area (Å²) in [6, 6.07) is 22.1. The van der Waals surface area contributed by atoms with Crippen LogP contribution in [0.5, 0.6) is 0 Å². The molecule has 8 heteroatoms. The lowest BCUT2D eigenvalue weighted by Crippen LogP contribution is -2.27. The summed E-state index contributed by atoms with van der Waals surface area (Å²) >= 11 is 1.52. The van der Waals surface area contributed by atoms with Crippen molar-refractivity contribution >= 4 is 33.3 Å². The van der Waals surface area contributed by atoms with Crippen molar-refractivity contribution in [3.63, 3.8) is 0 Å². The van der Waals surface area contributed by atoms with Crippen molar-refractivity contribution in [3.05, 3.63) is 95.7 Å². The zero-order chi connectivity index (χ0) is 21.9. The molecule has 0 aliphatic carbocycles. The molecular weight excluding hydrogens is 422 g/mol. The number of hydrogen-bond donors (Lipinski definition) is 1. The number of benzene rings is 2. The van der Waals surface area contributed by atoms with Crippen molar-refractivity contribution in [1.82, 2.24) is 19.5 Å². The second kappa shape index (κ2) is 8.52. The molecule has 32 heavy (non-hydrogen) atoms. The monoisotopic (exact) mass is 439 g/mol. The lowest BCUT2D eigenvalue weighted by Gasteiger charge is -2.08. The Kier molecular flexibility index (Phi) is 5.27. The van der Waals surface area contributed by atoms with E-state index >= 15 is 0 Å². The fourth-order valence-electron chi connectivity index (χ4n) is 3.26. The van der Waals surface area contributed by atoms with Gasteiger partial charge in [-0.15, -0.1) is 0 Å². The number of aromatic nitrogens is 4. The summed E-state index contributed by atoms with van der Waals surface area (Å²) in [6.07, 6.45) is 3.15. The minimum Gasteiger partial charge on any atom is -0.325 e. The Morgan fingerprint density at radius 3 is 2.50 bits per heavy atom. The Morgan fingerprint density at radius 2 is 1.75 bits per heavy atom. The highest BCUT2D eigenvalue weighted by molar-refractivity contribution is 7.21. The summed E-state index contributed by atoms with van der Waals surface area (Å²) in [7, 11) is 0. The standard InChI is InChI=1S/C24H17N5O2S/c30-21(14-29-15-26-20(13-22(29)31)16-5-2-1-3-6-16)27-18-10-8-17(9-11-18)23-28-19-7-4-12-25-24(19)32-23/h1-13,15H,14H2,(H,27,30). The van der Waals surface area contributed by atoms with E-state index in [2.05, 4.69) is 20.3 Å². The second-order valence-electron chi connectivity index (χ2n) is 7.08. The van der Waals surface area contributed by atoms with Crippen LogP contribution in [-0.2, 0) is 11.3 Å². The average molecular weight is 440 g/mol. The lowest BCUT2D eigenvalue weighted by atomic mass is 10.1. The van der Waals surface area contributed by atoms with Gasteiger partial charge in [-0.1, -0.05) is 41.7 Å². The molecule has 156 valence electrons. The molecular formula is C24H17N5O2S. The number of rotatable bonds is 5. The van der Waals surface area contributed by atoms with E-state index in [0.29, 0.717) is 11.4 Å². The topological polar surface area (TPSA) is 89.8 Å². The van der Waals surface area contributed by atoms with Crippen molar-refractivity contribution in [3.8, 4) is 21.8 Å². The summed E-state index contributed by atoms with van der Waals surface area (Å²) in [5.41, 5.74) is 3.59. The summed E-state index contributed by atoms with van der Waals surface area (Å²) in [6.45, 7) is -0.119. The molecule has 3 aromatic heterocycles. The number of carbonyl (C=O) groups excluding carboxylic acids is 1. The van der Waals surface area contributed by atoms with Gasteiger partial charge in [0, 0.05) is 29.1 Å². The van der Waals surface area contributed by atoms with Gasteiger partial charge in [0.25, 0.3) is 5.56 Å². The van der Waals surface area contributed by atoms with Gasteiger partial charge < -0.3 is 5.32 Å². The Labute approximate surface area is 187 Å². The number of nitrogens with one attached hydrogen (secondary N) is 1. The van der Waals surface area contributed by atoms with Gasteiger partial charge in [0.05, 0.1) is 12.0 Å². The third-order valence-corrected chi connectivity index (χ3v) is 5.87.